The predicted molar refractivity (Wildman–Crippen MR) is 180 cm³/mol. The van der Waals surface area contributed by atoms with Gasteiger partial charge < -0.3 is 4.90 Å². The first-order valence-corrected chi connectivity index (χ1v) is 14.7. The molecule has 8 aromatic carbocycles. The second-order valence-corrected chi connectivity index (χ2v) is 11.5. The number of anilines is 3. The summed E-state index contributed by atoms with van der Waals surface area (Å²) in [5.41, 5.74) is 10.7. The second kappa shape index (κ2) is 8.94. The van der Waals surface area contributed by atoms with Crippen LogP contribution in [-0.4, -0.2) is 0 Å². The minimum atomic E-state index is 0.744. The highest BCUT2D eigenvalue weighted by Crippen LogP contribution is 2.54. The molecule has 42 heavy (non-hydrogen) atoms. The molecule has 1 aliphatic rings. The third-order valence-electron chi connectivity index (χ3n) is 8.78. The van der Waals surface area contributed by atoms with Crippen LogP contribution in [0.5, 0.6) is 0 Å². The second-order valence-electron chi connectivity index (χ2n) is 11.1. The summed E-state index contributed by atoms with van der Waals surface area (Å²) in [4.78, 5) is 2.29. The van der Waals surface area contributed by atoms with E-state index in [1.807, 2.05) is 6.07 Å². The van der Waals surface area contributed by atoms with Crippen molar-refractivity contribution >= 4 is 61.0 Å². The van der Waals surface area contributed by atoms with Crippen LogP contribution in [0.3, 0.4) is 0 Å². The molecule has 0 saturated heterocycles. The summed E-state index contributed by atoms with van der Waals surface area (Å²) >= 11 is 7.11. The zero-order valence-electron chi connectivity index (χ0n) is 22.7. The highest BCUT2D eigenvalue weighted by atomic mass is 35.5. The molecule has 0 N–H and O–H groups in total. The Bertz CT molecular complexity index is 2260. The molecule has 0 aliphatic heterocycles. The molecule has 0 unspecified atom stereocenters. The zero-order chi connectivity index (χ0) is 27.8. The van der Waals surface area contributed by atoms with Crippen LogP contribution in [-0.2, 0) is 0 Å². The van der Waals surface area contributed by atoms with Gasteiger partial charge in [0, 0.05) is 27.6 Å². The lowest BCUT2D eigenvalue weighted by Gasteiger charge is -2.26. The maximum Gasteiger partial charge on any atom is 0.0486 e. The number of hydrogen-bond donors (Lipinski definition) is 0. The highest BCUT2D eigenvalue weighted by molar-refractivity contribution is 6.37. The molecule has 0 spiro atoms. The predicted octanol–water partition coefficient (Wildman–Crippen LogP) is 12.0. The van der Waals surface area contributed by atoms with Crippen LogP contribution < -0.4 is 4.90 Å². The lowest BCUT2D eigenvalue weighted by atomic mass is 9.86. The van der Waals surface area contributed by atoms with Crippen molar-refractivity contribution in [2.24, 2.45) is 0 Å². The summed E-state index contributed by atoms with van der Waals surface area (Å²) in [7, 11) is 0. The molecule has 0 saturated carbocycles. The summed E-state index contributed by atoms with van der Waals surface area (Å²) in [5, 5.41) is 8.53. The van der Waals surface area contributed by atoms with Crippen LogP contribution >= 0.6 is 11.6 Å². The molecule has 0 atom stereocenters. The molecule has 0 amide bonds. The third-order valence-corrected chi connectivity index (χ3v) is 9.11. The zero-order valence-corrected chi connectivity index (χ0v) is 23.4. The Labute approximate surface area is 249 Å². The number of rotatable bonds is 4. The Morgan fingerprint density at radius 3 is 1.71 bits per heavy atom. The molecule has 0 heterocycles. The molecule has 1 aliphatic carbocycles. The molecular formula is C40H24ClN. The molecule has 2 heteroatoms. The van der Waals surface area contributed by atoms with Crippen molar-refractivity contribution in [3.63, 3.8) is 0 Å². The normalized spacial score (nSPS) is 11.9. The van der Waals surface area contributed by atoms with Gasteiger partial charge in [-0.1, -0.05) is 103 Å². The standard InChI is InChI=1S/C40H24ClN/c41-37-21-19-29(42(27-12-3-1-4-13-27)28-14-5-2-6-15-28)23-34(37)33-24-36-31-17-8-7-16-30(31)35-22-26-11-9-10-25-18-20-32(33)40(38(25)26)39(35)36/h1-24H. The summed E-state index contributed by atoms with van der Waals surface area (Å²) in [6, 6.07) is 52.2. The Hall–Kier alpha value is -5.11. The van der Waals surface area contributed by atoms with E-state index in [9.17, 15) is 0 Å². The smallest absolute Gasteiger partial charge is 0.0486 e. The van der Waals surface area contributed by atoms with Crippen LogP contribution in [0.2, 0.25) is 5.02 Å². The Morgan fingerprint density at radius 1 is 0.357 bits per heavy atom. The van der Waals surface area contributed by atoms with Gasteiger partial charge >= 0.3 is 0 Å². The van der Waals surface area contributed by atoms with Gasteiger partial charge in [-0.05, 0) is 115 Å². The van der Waals surface area contributed by atoms with Crippen molar-refractivity contribution in [3.05, 3.63) is 151 Å². The van der Waals surface area contributed by atoms with E-state index >= 15 is 0 Å². The molecule has 1 nitrogen and oxygen atoms in total. The lowest BCUT2D eigenvalue weighted by Crippen LogP contribution is -2.09. The monoisotopic (exact) mass is 553 g/mol. The van der Waals surface area contributed by atoms with Gasteiger partial charge in [0.1, 0.15) is 0 Å². The first kappa shape index (κ1) is 23.6. The van der Waals surface area contributed by atoms with Crippen LogP contribution in [0.4, 0.5) is 17.1 Å². The molecule has 8 aromatic rings. The first-order valence-electron chi connectivity index (χ1n) is 14.3. The molecule has 0 fully saturated rings. The van der Waals surface area contributed by atoms with Gasteiger partial charge in [-0.3, -0.25) is 0 Å². The Kier molecular flexibility index (Phi) is 5.02. The van der Waals surface area contributed by atoms with Gasteiger partial charge in [0.2, 0.25) is 0 Å². The Balaban J connectivity index is 1.36. The van der Waals surface area contributed by atoms with Crippen molar-refractivity contribution < 1.29 is 0 Å². The fourth-order valence-corrected chi connectivity index (χ4v) is 7.23. The number of fused-ring (bicyclic) bond motifs is 3. The quantitative estimate of drug-likeness (QED) is 0.196. The van der Waals surface area contributed by atoms with Crippen molar-refractivity contribution in [3.8, 4) is 33.4 Å². The highest BCUT2D eigenvalue weighted by Gasteiger charge is 2.27. The van der Waals surface area contributed by atoms with Crippen molar-refractivity contribution in [2.75, 3.05) is 4.90 Å². The number of halogens is 1. The SMILES string of the molecule is Clc1ccc(N(c2ccccc2)c2ccccc2)cc1-c1cc2c3c(cc4cccc5ccc1c3c54)-c1ccccc1-2. The van der Waals surface area contributed by atoms with Gasteiger partial charge in [0.05, 0.1) is 0 Å². The van der Waals surface area contributed by atoms with E-state index in [0.29, 0.717) is 0 Å². The van der Waals surface area contributed by atoms with E-state index in [-0.39, 0.29) is 0 Å². The summed E-state index contributed by atoms with van der Waals surface area (Å²) in [5.74, 6) is 0. The number of nitrogens with zero attached hydrogens (tertiary/aromatic N) is 1. The third kappa shape index (κ3) is 3.32. The minimum Gasteiger partial charge on any atom is -0.310 e. The molecule has 0 bridgehead atoms. The van der Waals surface area contributed by atoms with Gasteiger partial charge in [-0.25, -0.2) is 0 Å². The van der Waals surface area contributed by atoms with Crippen LogP contribution in [0.25, 0.3) is 65.7 Å². The van der Waals surface area contributed by atoms with Crippen LogP contribution in [0.15, 0.2) is 146 Å². The average molecular weight is 554 g/mol. The maximum atomic E-state index is 7.11. The van der Waals surface area contributed by atoms with E-state index in [1.54, 1.807) is 0 Å². The van der Waals surface area contributed by atoms with E-state index < -0.39 is 0 Å². The van der Waals surface area contributed by atoms with Crippen molar-refractivity contribution in [1.82, 2.24) is 0 Å². The van der Waals surface area contributed by atoms with Gasteiger partial charge in [-0.15, -0.1) is 0 Å². The van der Waals surface area contributed by atoms with Crippen molar-refractivity contribution in [2.45, 2.75) is 0 Å². The number of benzene rings is 8. The van der Waals surface area contributed by atoms with Crippen LogP contribution in [0, 0.1) is 0 Å². The molecule has 9 rings (SSSR count). The van der Waals surface area contributed by atoms with Crippen molar-refractivity contribution in [1.29, 1.82) is 0 Å². The van der Waals surface area contributed by atoms with Gasteiger partial charge in [-0.2, -0.15) is 0 Å². The summed E-state index contributed by atoms with van der Waals surface area (Å²) in [6.45, 7) is 0. The summed E-state index contributed by atoms with van der Waals surface area (Å²) < 4.78 is 0. The Morgan fingerprint density at radius 2 is 1.00 bits per heavy atom. The maximum absolute atomic E-state index is 7.11. The molecule has 0 aromatic heterocycles. The van der Waals surface area contributed by atoms with E-state index in [1.165, 1.54) is 54.6 Å². The minimum absolute atomic E-state index is 0.744. The van der Waals surface area contributed by atoms with E-state index in [2.05, 4.69) is 144 Å². The molecule has 0 radical (unpaired) electrons. The van der Waals surface area contributed by atoms with E-state index in [0.717, 1.165) is 33.2 Å². The van der Waals surface area contributed by atoms with E-state index in [4.69, 9.17) is 11.6 Å². The topological polar surface area (TPSA) is 3.24 Å². The number of para-hydroxylation sites is 2. The fourth-order valence-electron chi connectivity index (χ4n) is 7.01. The number of hydrogen-bond acceptors (Lipinski definition) is 1. The average Bonchev–Trinajstić information content (AvgIpc) is 3.36. The molecule has 196 valence electrons. The van der Waals surface area contributed by atoms with Crippen LogP contribution in [0.1, 0.15) is 0 Å². The first-order chi connectivity index (χ1) is 20.8. The molecular weight excluding hydrogens is 530 g/mol. The van der Waals surface area contributed by atoms with Gasteiger partial charge in [0.15, 0.2) is 0 Å². The summed E-state index contributed by atoms with van der Waals surface area (Å²) in [6.07, 6.45) is 0. The van der Waals surface area contributed by atoms with Gasteiger partial charge in [0.25, 0.3) is 0 Å². The largest absolute Gasteiger partial charge is 0.310 e. The lowest BCUT2D eigenvalue weighted by molar-refractivity contribution is 1.28. The fraction of sp³-hybridized carbons (Fsp3) is 0.